The highest BCUT2D eigenvalue weighted by Crippen LogP contribution is 2.67. The third-order valence-electron chi connectivity index (χ3n) is 9.19. The first-order chi connectivity index (χ1) is 14.5. The number of carbonyl (C=O) groups is 3. The number of fused-ring (bicyclic) bond motifs is 5. The van der Waals surface area contributed by atoms with Crippen LogP contribution in [0, 0.1) is 34.5 Å². The zero-order valence-corrected chi connectivity index (χ0v) is 19.6. The van der Waals surface area contributed by atoms with Gasteiger partial charge in [0, 0.05) is 32.6 Å². The summed E-state index contributed by atoms with van der Waals surface area (Å²) in [4.78, 5) is 35.5. The maximum atomic E-state index is 12.1. The van der Waals surface area contributed by atoms with E-state index in [0.717, 1.165) is 51.4 Å². The Morgan fingerprint density at radius 1 is 0.774 bits per heavy atom. The molecule has 0 N–H and O–H groups in total. The van der Waals surface area contributed by atoms with E-state index in [1.165, 1.54) is 20.8 Å². The van der Waals surface area contributed by atoms with Gasteiger partial charge in [0.25, 0.3) is 0 Å². The van der Waals surface area contributed by atoms with Crippen LogP contribution in [0.25, 0.3) is 0 Å². The molecule has 0 bridgehead atoms. The third kappa shape index (κ3) is 4.00. The molecule has 0 spiro atoms. The second-order valence-corrected chi connectivity index (χ2v) is 11.2. The van der Waals surface area contributed by atoms with E-state index in [9.17, 15) is 14.4 Å². The Balaban J connectivity index is 1.67. The van der Waals surface area contributed by atoms with Crippen LogP contribution >= 0.6 is 0 Å². The predicted octanol–water partition coefficient (Wildman–Crippen LogP) is 4.43. The van der Waals surface area contributed by atoms with Crippen LogP contribution in [0.3, 0.4) is 0 Å². The molecule has 4 saturated carbocycles. The van der Waals surface area contributed by atoms with Gasteiger partial charge in [-0.2, -0.15) is 0 Å². The molecule has 0 aromatic rings. The van der Waals surface area contributed by atoms with E-state index >= 15 is 0 Å². The van der Waals surface area contributed by atoms with E-state index in [-0.39, 0.29) is 53.0 Å². The molecule has 6 nitrogen and oxygen atoms in total. The summed E-state index contributed by atoms with van der Waals surface area (Å²) in [6, 6.07) is 0. The van der Waals surface area contributed by atoms with E-state index in [2.05, 4.69) is 13.8 Å². The fourth-order valence-corrected chi connectivity index (χ4v) is 8.46. The van der Waals surface area contributed by atoms with Crippen LogP contribution in [0.1, 0.15) is 86.0 Å². The molecule has 4 rings (SSSR count). The van der Waals surface area contributed by atoms with E-state index in [1.807, 2.05) is 0 Å². The van der Waals surface area contributed by atoms with Crippen molar-refractivity contribution in [2.24, 2.45) is 34.5 Å². The van der Waals surface area contributed by atoms with Gasteiger partial charge in [-0.1, -0.05) is 13.8 Å². The van der Waals surface area contributed by atoms with Crippen molar-refractivity contribution in [2.45, 2.75) is 104 Å². The van der Waals surface area contributed by atoms with E-state index < -0.39 is 0 Å². The molecule has 0 saturated heterocycles. The largest absolute Gasteiger partial charge is 0.463 e. The Morgan fingerprint density at radius 2 is 1.42 bits per heavy atom. The van der Waals surface area contributed by atoms with Crippen molar-refractivity contribution in [2.75, 3.05) is 0 Å². The molecule has 0 aromatic heterocycles. The summed E-state index contributed by atoms with van der Waals surface area (Å²) in [5, 5.41) is 0. The van der Waals surface area contributed by atoms with Crippen molar-refractivity contribution in [1.82, 2.24) is 0 Å². The van der Waals surface area contributed by atoms with Gasteiger partial charge < -0.3 is 14.2 Å². The predicted molar refractivity (Wildman–Crippen MR) is 114 cm³/mol. The van der Waals surface area contributed by atoms with Crippen molar-refractivity contribution in [3.8, 4) is 0 Å². The van der Waals surface area contributed by atoms with Crippen LogP contribution in [-0.2, 0) is 28.6 Å². The zero-order chi connectivity index (χ0) is 22.6. The lowest BCUT2D eigenvalue weighted by atomic mass is 9.44. The Bertz CT molecular complexity index is 748. The Kier molecular flexibility index (Phi) is 5.89. The monoisotopic (exact) mass is 434 g/mol. The molecule has 9 unspecified atom stereocenters. The summed E-state index contributed by atoms with van der Waals surface area (Å²) < 4.78 is 17.5. The highest BCUT2D eigenvalue weighted by molar-refractivity contribution is 5.67. The fourth-order valence-electron chi connectivity index (χ4n) is 8.46. The molecule has 4 aliphatic rings. The SMILES string of the molecule is CC(=O)OC1CC2C3CCC4C(OC(C)=O)CCCC4(C)C3C(OC(C)=O)CC2(C)C1. The van der Waals surface area contributed by atoms with Gasteiger partial charge >= 0.3 is 17.9 Å². The lowest BCUT2D eigenvalue weighted by Gasteiger charge is -2.62. The number of carbonyl (C=O) groups excluding carboxylic acids is 3. The van der Waals surface area contributed by atoms with E-state index in [0.29, 0.717) is 17.8 Å². The minimum Gasteiger partial charge on any atom is -0.463 e. The molecular formula is C25H38O6. The Morgan fingerprint density at radius 3 is 2.06 bits per heavy atom. The number of hydrogen-bond donors (Lipinski definition) is 0. The van der Waals surface area contributed by atoms with Crippen LogP contribution in [0.5, 0.6) is 0 Å². The maximum absolute atomic E-state index is 12.1. The molecule has 31 heavy (non-hydrogen) atoms. The van der Waals surface area contributed by atoms with E-state index in [1.54, 1.807) is 0 Å². The van der Waals surface area contributed by atoms with E-state index in [4.69, 9.17) is 14.2 Å². The number of hydrogen-bond acceptors (Lipinski definition) is 6. The maximum Gasteiger partial charge on any atom is 0.302 e. The summed E-state index contributed by atoms with van der Waals surface area (Å²) in [7, 11) is 0. The first kappa shape index (κ1) is 22.6. The Labute approximate surface area is 185 Å². The zero-order valence-electron chi connectivity index (χ0n) is 19.6. The normalized spacial score (nSPS) is 46.2. The quantitative estimate of drug-likeness (QED) is 0.483. The van der Waals surface area contributed by atoms with Crippen LogP contribution in [0.15, 0.2) is 0 Å². The molecular weight excluding hydrogens is 396 g/mol. The molecule has 0 aliphatic heterocycles. The minimum absolute atomic E-state index is 0.00848. The van der Waals surface area contributed by atoms with Gasteiger partial charge in [-0.25, -0.2) is 0 Å². The van der Waals surface area contributed by atoms with Crippen molar-refractivity contribution in [1.29, 1.82) is 0 Å². The fraction of sp³-hybridized carbons (Fsp3) is 0.880. The molecule has 6 heteroatoms. The van der Waals surface area contributed by atoms with Crippen molar-refractivity contribution < 1.29 is 28.6 Å². The lowest BCUT2D eigenvalue weighted by Crippen LogP contribution is -2.60. The number of esters is 3. The van der Waals surface area contributed by atoms with Crippen molar-refractivity contribution in [3.63, 3.8) is 0 Å². The van der Waals surface area contributed by atoms with Gasteiger partial charge in [0.05, 0.1) is 0 Å². The smallest absolute Gasteiger partial charge is 0.302 e. The van der Waals surface area contributed by atoms with Crippen LogP contribution < -0.4 is 0 Å². The summed E-state index contributed by atoms with van der Waals surface area (Å²) >= 11 is 0. The van der Waals surface area contributed by atoms with Crippen LogP contribution in [0.4, 0.5) is 0 Å². The standard InChI is InChI=1S/C25H38O6/c1-14(26)29-17-11-20-18-8-9-19-21(30-15(2)27)7-6-10-25(19,5)23(18)22(31-16(3)28)13-24(20,4)12-17/h17-23H,6-13H2,1-5H3. The highest BCUT2D eigenvalue weighted by Gasteiger charge is 2.64. The molecule has 0 amide bonds. The molecule has 0 aromatic carbocycles. The second-order valence-electron chi connectivity index (χ2n) is 11.2. The van der Waals surface area contributed by atoms with Gasteiger partial charge in [-0.05, 0) is 74.0 Å². The minimum atomic E-state index is -0.224. The molecule has 4 fully saturated rings. The second kappa shape index (κ2) is 8.08. The topological polar surface area (TPSA) is 78.9 Å². The first-order valence-corrected chi connectivity index (χ1v) is 12.0. The molecule has 174 valence electrons. The third-order valence-corrected chi connectivity index (χ3v) is 9.19. The molecule has 0 heterocycles. The lowest BCUT2D eigenvalue weighted by molar-refractivity contribution is -0.205. The average molecular weight is 435 g/mol. The van der Waals surface area contributed by atoms with Crippen LogP contribution in [0.2, 0.25) is 0 Å². The van der Waals surface area contributed by atoms with Gasteiger partial charge in [-0.15, -0.1) is 0 Å². The Hall–Kier alpha value is -1.59. The number of ether oxygens (including phenoxy) is 3. The van der Waals surface area contributed by atoms with Crippen LogP contribution in [-0.4, -0.2) is 36.2 Å². The molecule has 4 aliphatic carbocycles. The first-order valence-electron chi connectivity index (χ1n) is 12.0. The highest BCUT2D eigenvalue weighted by atomic mass is 16.6. The molecule has 0 radical (unpaired) electrons. The summed E-state index contributed by atoms with van der Waals surface area (Å²) in [5.41, 5.74) is -0.0171. The van der Waals surface area contributed by atoms with Gasteiger partial charge in [0.2, 0.25) is 0 Å². The van der Waals surface area contributed by atoms with Gasteiger partial charge in [-0.3, -0.25) is 14.4 Å². The van der Waals surface area contributed by atoms with Crippen molar-refractivity contribution in [3.05, 3.63) is 0 Å². The van der Waals surface area contributed by atoms with Gasteiger partial charge in [0.1, 0.15) is 18.3 Å². The average Bonchev–Trinajstić information content (AvgIpc) is 2.95. The van der Waals surface area contributed by atoms with Gasteiger partial charge in [0.15, 0.2) is 0 Å². The summed E-state index contributed by atoms with van der Waals surface area (Å²) in [5.74, 6) is 0.804. The summed E-state index contributed by atoms with van der Waals surface area (Å²) in [6.07, 6.45) is 7.44. The van der Waals surface area contributed by atoms with Crippen molar-refractivity contribution >= 4 is 17.9 Å². The molecule has 9 atom stereocenters. The number of rotatable bonds is 3. The summed E-state index contributed by atoms with van der Waals surface area (Å²) in [6.45, 7) is 9.13.